The molecule has 28 heavy (non-hydrogen) atoms. The Hall–Kier alpha value is -3.14. The minimum Gasteiger partial charge on any atom is -0.339 e. The molecule has 1 fully saturated rings. The minimum atomic E-state index is -0.0673. The lowest BCUT2D eigenvalue weighted by molar-refractivity contribution is -0.130. The zero-order chi connectivity index (χ0) is 19.8. The van der Waals surface area contributed by atoms with Gasteiger partial charge in [-0.05, 0) is 36.6 Å². The van der Waals surface area contributed by atoms with Crippen molar-refractivity contribution in [2.24, 2.45) is 5.92 Å². The van der Waals surface area contributed by atoms with E-state index >= 15 is 0 Å². The number of anilines is 1. The van der Waals surface area contributed by atoms with Crippen LogP contribution in [0.25, 0.3) is 6.08 Å². The number of amides is 2. The summed E-state index contributed by atoms with van der Waals surface area (Å²) >= 11 is 0. The molecule has 0 atom stereocenters. The van der Waals surface area contributed by atoms with Crippen molar-refractivity contribution in [1.29, 1.82) is 0 Å². The van der Waals surface area contributed by atoms with E-state index in [1.807, 2.05) is 71.6 Å². The van der Waals surface area contributed by atoms with Gasteiger partial charge in [0.1, 0.15) is 0 Å². The fourth-order valence-corrected chi connectivity index (χ4v) is 3.46. The molecule has 3 rings (SSSR count). The number of carbonyl (C=O) groups is 2. The minimum absolute atomic E-state index is 0.000703. The summed E-state index contributed by atoms with van der Waals surface area (Å²) in [5, 5.41) is 0. The summed E-state index contributed by atoms with van der Waals surface area (Å²) in [4.78, 5) is 29.1. The molecule has 2 aromatic carbocycles. The van der Waals surface area contributed by atoms with Crippen molar-refractivity contribution in [2.75, 3.05) is 24.5 Å². The van der Waals surface area contributed by atoms with E-state index in [1.54, 1.807) is 17.1 Å². The van der Waals surface area contributed by atoms with Crippen LogP contribution in [0.1, 0.15) is 18.4 Å². The number of nitrogens with zero attached hydrogens (tertiary/aromatic N) is 2. The van der Waals surface area contributed by atoms with Crippen LogP contribution in [-0.4, -0.2) is 36.3 Å². The summed E-state index contributed by atoms with van der Waals surface area (Å²) < 4.78 is 0. The normalized spacial score (nSPS) is 14.8. The second kappa shape index (κ2) is 9.70. The third-order valence-corrected chi connectivity index (χ3v) is 5.02. The number of likely N-dealkylation sites (tertiary alicyclic amines) is 1. The maximum absolute atomic E-state index is 13.0. The van der Waals surface area contributed by atoms with Crippen LogP contribution in [0.2, 0.25) is 0 Å². The van der Waals surface area contributed by atoms with Gasteiger partial charge in [-0.2, -0.15) is 0 Å². The largest absolute Gasteiger partial charge is 0.339 e. The highest BCUT2D eigenvalue weighted by Gasteiger charge is 2.29. The van der Waals surface area contributed by atoms with Gasteiger partial charge in [-0.1, -0.05) is 54.6 Å². The molecule has 1 aliphatic rings. The zero-order valence-corrected chi connectivity index (χ0v) is 16.0. The highest BCUT2D eigenvalue weighted by Crippen LogP contribution is 2.23. The average molecular weight is 374 g/mol. The SMILES string of the molecule is C=CCN(C(=O)C1CCN(C(=O)/C=C/c2ccccc2)CC1)c1ccccc1. The van der Waals surface area contributed by atoms with E-state index < -0.39 is 0 Å². The van der Waals surface area contributed by atoms with Gasteiger partial charge in [-0.3, -0.25) is 9.59 Å². The molecule has 0 bridgehead atoms. The standard InChI is InChI=1S/C24H26N2O2/c1-2-17-26(22-11-7-4-8-12-22)24(28)21-15-18-25(19-16-21)23(27)14-13-20-9-5-3-6-10-20/h2-14,21H,1,15-19H2/b14-13+. The highest BCUT2D eigenvalue weighted by molar-refractivity contribution is 5.96. The zero-order valence-electron chi connectivity index (χ0n) is 16.0. The molecule has 0 aliphatic carbocycles. The number of para-hydroxylation sites is 1. The van der Waals surface area contributed by atoms with Gasteiger partial charge in [0.25, 0.3) is 0 Å². The van der Waals surface area contributed by atoms with Crippen LogP contribution in [0.4, 0.5) is 5.69 Å². The quantitative estimate of drug-likeness (QED) is 0.563. The van der Waals surface area contributed by atoms with Crippen molar-refractivity contribution >= 4 is 23.6 Å². The second-order valence-electron chi connectivity index (χ2n) is 6.92. The molecule has 4 nitrogen and oxygen atoms in total. The van der Waals surface area contributed by atoms with Gasteiger partial charge in [-0.15, -0.1) is 6.58 Å². The first-order valence-corrected chi connectivity index (χ1v) is 9.68. The third-order valence-electron chi connectivity index (χ3n) is 5.02. The number of hydrogen-bond donors (Lipinski definition) is 0. The third kappa shape index (κ3) is 4.97. The van der Waals surface area contributed by atoms with Gasteiger partial charge >= 0.3 is 0 Å². The van der Waals surface area contributed by atoms with Gasteiger partial charge < -0.3 is 9.80 Å². The summed E-state index contributed by atoms with van der Waals surface area (Å²) in [7, 11) is 0. The Labute approximate surface area is 166 Å². The molecule has 4 heteroatoms. The molecular formula is C24H26N2O2. The van der Waals surface area contributed by atoms with E-state index in [2.05, 4.69) is 6.58 Å². The van der Waals surface area contributed by atoms with Gasteiger partial charge in [0.05, 0.1) is 0 Å². The predicted octanol–water partition coefficient (Wildman–Crippen LogP) is 4.16. The van der Waals surface area contributed by atoms with E-state index in [-0.39, 0.29) is 17.7 Å². The Morgan fingerprint density at radius 1 is 1.00 bits per heavy atom. The molecule has 0 spiro atoms. The number of benzene rings is 2. The van der Waals surface area contributed by atoms with Crippen molar-refractivity contribution in [3.8, 4) is 0 Å². The first kappa shape index (κ1) is 19.6. The second-order valence-corrected chi connectivity index (χ2v) is 6.92. The summed E-state index contributed by atoms with van der Waals surface area (Å²) in [6.45, 7) is 5.47. The summed E-state index contributed by atoms with van der Waals surface area (Å²) in [5.41, 5.74) is 1.89. The van der Waals surface area contributed by atoms with E-state index in [1.165, 1.54) is 0 Å². The van der Waals surface area contributed by atoms with Crippen LogP contribution in [-0.2, 0) is 9.59 Å². The van der Waals surface area contributed by atoms with Crippen LogP contribution < -0.4 is 4.90 Å². The Balaban J connectivity index is 1.58. The van der Waals surface area contributed by atoms with Crippen molar-refractivity contribution in [3.63, 3.8) is 0 Å². The van der Waals surface area contributed by atoms with E-state index in [0.717, 1.165) is 11.3 Å². The lowest BCUT2D eigenvalue weighted by atomic mass is 9.94. The molecule has 2 amide bonds. The van der Waals surface area contributed by atoms with Gasteiger partial charge in [0.15, 0.2) is 0 Å². The fourth-order valence-electron chi connectivity index (χ4n) is 3.46. The van der Waals surface area contributed by atoms with Crippen LogP contribution in [0, 0.1) is 5.92 Å². The van der Waals surface area contributed by atoms with Gasteiger partial charge in [-0.25, -0.2) is 0 Å². The number of piperidine rings is 1. The Kier molecular flexibility index (Phi) is 6.79. The molecule has 0 radical (unpaired) electrons. The van der Waals surface area contributed by atoms with Crippen LogP contribution >= 0.6 is 0 Å². The van der Waals surface area contributed by atoms with Crippen molar-refractivity contribution in [2.45, 2.75) is 12.8 Å². The molecule has 0 N–H and O–H groups in total. The first-order valence-electron chi connectivity index (χ1n) is 9.68. The summed E-state index contributed by atoms with van der Waals surface area (Å²) in [6.07, 6.45) is 6.57. The molecule has 0 unspecified atom stereocenters. The Morgan fingerprint density at radius 2 is 1.61 bits per heavy atom. The van der Waals surface area contributed by atoms with Gasteiger partial charge in [0.2, 0.25) is 11.8 Å². The average Bonchev–Trinajstić information content (AvgIpc) is 2.77. The molecule has 0 saturated carbocycles. The number of rotatable bonds is 6. The molecule has 2 aromatic rings. The smallest absolute Gasteiger partial charge is 0.246 e. The molecule has 0 aromatic heterocycles. The Morgan fingerprint density at radius 3 is 2.21 bits per heavy atom. The first-order chi connectivity index (χ1) is 13.7. The Bertz CT molecular complexity index is 822. The molecular weight excluding hydrogens is 348 g/mol. The van der Waals surface area contributed by atoms with Crippen LogP contribution in [0.3, 0.4) is 0 Å². The number of hydrogen-bond acceptors (Lipinski definition) is 2. The van der Waals surface area contributed by atoms with E-state index in [0.29, 0.717) is 32.5 Å². The summed E-state index contributed by atoms with van der Waals surface area (Å²) in [5.74, 6) is 0.0427. The lowest BCUT2D eigenvalue weighted by Gasteiger charge is -2.33. The highest BCUT2D eigenvalue weighted by atomic mass is 16.2. The monoisotopic (exact) mass is 374 g/mol. The van der Waals surface area contributed by atoms with Crippen molar-refractivity contribution in [3.05, 3.63) is 85.0 Å². The van der Waals surface area contributed by atoms with E-state index in [4.69, 9.17) is 0 Å². The predicted molar refractivity (Wildman–Crippen MR) is 114 cm³/mol. The molecule has 1 aliphatic heterocycles. The lowest BCUT2D eigenvalue weighted by Crippen LogP contribution is -2.44. The maximum Gasteiger partial charge on any atom is 0.246 e. The molecule has 144 valence electrons. The van der Waals surface area contributed by atoms with Crippen molar-refractivity contribution in [1.82, 2.24) is 4.90 Å². The van der Waals surface area contributed by atoms with Gasteiger partial charge in [0, 0.05) is 37.3 Å². The van der Waals surface area contributed by atoms with E-state index in [9.17, 15) is 9.59 Å². The number of carbonyl (C=O) groups excluding carboxylic acids is 2. The fraction of sp³-hybridized carbons (Fsp3) is 0.250. The van der Waals surface area contributed by atoms with Crippen molar-refractivity contribution < 1.29 is 9.59 Å². The maximum atomic E-state index is 13.0. The molecule has 1 saturated heterocycles. The van der Waals surface area contributed by atoms with Crippen LogP contribution in [0.5, 0.6) is 0 Å². The summed E-state index contributed by atoms with van der Waals surface area (Å²) in [6, 6.07) is 19.4. The van der Waals surface area contributed by atoms with Crippen LogP contribution in [0.15, 0.2) is 79.4 Å². The molecule has 1 heterocycles. The topological polar surface area (TPSA) is 40.6 Å².